The van der Waals surface area contributed by atoms with Crippen LogP contribution in [-0.4, -0.2) is 38.3 Å². The molecule has 3 aromatic rings. The van der Waals surface area contributed by atoms with Gasteiger partial charge in [0.05, 0.1) is 22.8 Å². The van der Waals surface area contributed by atoms with E-state index in [1.807, 2.05) is 18.2 Å². The molecule has 1 aliphatic heterocycles. The van der Waals surface area contributed by atoms with Crippen molar-refractivity contribution in [2.45, 2.75) is 24.3 Å². The lowest BCUT2D eigenvalue weighted by atomic mass is 10.3. The van der Waals surface area contributed by atoms with E-state index in [0.29, 0.717) is 11.7 Å². The molecule has 10 heteroatoms. The van der Waals surface area contributed by atoms with Crippen LogP contribution in [0.1, 0.15) is 16.3 Å². The highest BCUT2D eigenvalue weighted by Gasteiger charge is 2.17. The topological polar surface area (TPSA) is 105 Å². The molecule has 0 aromatic carbocycles. The Balaban J connectivity index is 1.23. The van der Waals surface area contributed by atoms with Crippen molar-refractivity contribution < 1.29 is 4.79 Å². The molecule has 0 radical (unpaired) electrons. The van der Waals surface area contributed by atoms with E-state index in [1.165, 1.54) is 16.2 Å². The Morgan fingerprint density at radius 3 is 3.04 bits per heavy atom. The molecule has 0 unspecified atom stereocenters. The van der Waals surface area contributed by atoms with Gasteiger partial charge in [0.1, 0.15) is 12.1 Å². The Hall–Kier alpha value is -2.72. The number of nitrogens with one attached hydrogen (secondary N) is 3. The number of amides is 2. The molecule has 0 bridgehead atoms. The third kappa shape index (κ3) is 4.76. The Morgan fingerprint density at radius 2 is 2.14 bits per heavy atom. The number of aromatic nitrogens is 4. The van der Waals surface area contributed by atoms with Crippen LogP contribution >= 0.6 is 23.1 Å². The van der Waals surface area contributed by atoms with Gasteiger partial charge in [-0.15, -0.1) is 23.1 Å². The number of aryl methyl sites for hydroxylation is 1. The van der Waals surface area contributed by atoms with Crippen LogP contribution in [0.3, 0.4) is 0 Å². The summed E-state index contributed by atoms with van der Waals surface area (Å²) in [4.78, 5) is 31.3. The van der Waals surface area contributed by atoms with Gasteiger partial charge in [-0.1, -0.05) is 6.07 Å². The monoisotopic (exact) mass is 413 g/mol. The summed E-state index contributed by atoms with van der Waals surface area (Å²) in [6, 6.07) is 5.29. The second-order valence-electron chi connectivity index (χ2n) is 6.03. The minimum absolute atomic E-state index is 0.293. The SMILES string of the molecule is O=C(NCc1ccccn1)Nc1ncc(CCNc2ncnc3c2SCC3)s1. The Bertz CT molecular complexity index is 948. The number of hydrogen-bond donors (Lipinski definition) is 3. The first-order valence-electron chi connectivity index (χ1n) is 8.88. The summed E-state index contributed by atoms with van der Waals surface area (Å²) in [6.07, 6.45) is 6.91. The molecule has 0 saturated heterocycles. The molecule has 3 aromatic heterocycles. The molecule has 1 aliphatic rings. The van der Waals surface area contributed by atoms with Gasteiger partial charge in [-0.2, -0.15) is 0 Å². The summed E-state index contributed by atoms with van der Waals surface area (Å²) in [5.74, 6) is 1.97. The maximum Gasteiger partial charge on any atom is 0.321 e. The van der Waals surface area contributed by atoms with Crippen LogP contribution in [0.2, 0.25) is 0 Å². The largest absolute Gasteiger partial charge is 0.369 e. The predicted molar refractivity (Wildman–Crippen MR) is 111 cm³/mol. The standard InChI is InChI=1S/C18H19N7OS2/c26-17(21-9-12-3-1-2-6-19-12)25-18-22-10-13(28-18)4-7-20-16-15-14(5-8-27-15)23-11-24-16/h1-3,6,10-11H,4-5,7-9H2,(H,20,23,24)(H2,21,22,25,26). The summed E-state index contributed by atoms with van der Waals surface area (Å²) in [6.45, 7) is 1.12. The van der Waals surface area contributed by atoms with E-state index in [1.54, 1.807) is 30.5 Å². The molecule has 3 N–H and O–H groups in total. The van der Waals surface area contributed by atoms with E-state index >= 15 is 0 Å². The third-order valence-electron chi connectivity index (χ3n) is 4.06. The predicted octanol–water partition coefficient (Wildman–Crippen LogP) is 2.95. The van der Waals surface area contributed by atoms with Gasteiger partial charge in [-0.25, -0.2) is 19.7 Å². The number of rotatable bonds is 7. The molecule has 28 heavy (non-hydrogen) atoms. The summed E-state index contributed by atoms with van der Waals surface area (Å²) in [7, 11) is 0. The fraction of sp³-hybridized carbons (Fsp3) is 0.278. The number of carbonyl (C=O) groups is 1. The molecule has 0 spiro atoms. The zero-order chi connectivity index (χ0) is 19.2. The molecular weight excluding hydrogens is 394 g/mol. The number of urea groups is 1. The van der Waals surface area contributed by atoms with Crippen molar-refractivity contribution in [2.24, 2.45) is 0 Å². The number of anilines is 2. The van der Waals surface area contributed by atoms with Crippen LogP contribution < -0.4 is 16.0 Å². The van der Waals surface area contributed by atoms with E-state index in [4.69, 9.17) is 0 Å². The van der Waals surface area contributed by atoms with Gasteiger partial charge in [-0.05, 0) is 12.1 Å². The van der Waals surface area contributed by atoms with Gasteiger partial charge >= 0.3 is 6.03 Å². The molecule has 4 rings (SSSR count). The van der Waals surface area contributed by atoms with Gasteiger partial charge in [0.25, 0.3) is 0 Å². The van der Waals surface area contributed by atoms with Crippen molar-refractivity contribution in [3.8, 4) is 0 Å². The van der Waals surface area contributed by atoms with E-state index in [9.17, 15) is 4.79 Å². The normalized spacial score (nSPS) is 12.4. The Kier molecular flexibility index (Phi) is 5.98. The minimum Gasteiger partial charge on any atom is -0.369 e. The maximum absolute atomic E-state index is 12.0. The van der Waals surface area contributed by atoms with Gasteiger partial charge in [-0.3, -0.25) is 10.3 Å². The van der Waals surface area contributed by atoms with Gasteiger partial charge in [0.2, 0.25) is 0 Å². The molecule has 0 saturated carbocycles. The minimum atomic E-state index is -0.293. The van der Waals surface area contributed by atoms with Crippen LogP contribution in [0, 0.1) is 0 Å². The van der Waals surface area contributed by atoms with Gasteiger partial charge in [0, 0.05) is 42.4 Å². The highest BCUT2D eigenvalue weighted by atomic mass is 32.2. The van der Waals surface area contributed by atoms with Crippen molar-refractivity contribution in [3.63, 3.8) is 0 Å². The lowest BCUT2D eigenvalue weighted by Gasteiger charge is -2.08. The smallest absolute Gasteiger partial charge is 0.321 e. The average molecular weight is 414 g/mol. The summed E-state index contributed by atoms with van der Waals surface area (Å²) in [5.41, 5.74) is 1.93. The highest BCUT2D eigenvalue weighted by molar-refractivity contribution is 7.99. The number of nitrogens with zero attached hydrogens (tertiary/aromatic N) is 4. The molecular formula is C18H19N7OS2. The Labute approximate surface area is 170 Å². The first-order chi connectivity index (χ1) is 13.8. The van der Waals surface area contributed by atoms with Crippen molar-refractivity contribution in [2.75, 3.05) is 22.9 Å². The van der Waals surface area contributed by atoms with Gasteiger partial charge in [0.15, 0.2) is 5.13 Å². The number of hydrogen-bond acceptors (Lipinski definition) is 8. The molecule has 144 valence electrons. The zero-order valence-electron chi connectivity index (χ0n) is 15.0. The maximum atomic E-state index is 12.0. The number of thiazole rings is 1. The molecule has 4 heterocycles. The van der Waals surface area contributed by atoms with E-state index in [0.717, 1.165) is 47.2 Å². The van der Waals surface area contributed by atoms with Crippen LogP contribution in [0.5, 0.6) is 0 Å². The summed E-state index contributed by atoms with van der Waals surface area (Å²) >= 11 is 3.27. The average Bonchev–Trinajstić information content (AvgIpc) is 3.37. The summed E-state index contributed by atoms with van der Waals surface area (Å²) in [5, 5.41) is 9.49. The van der Waals surface area contributed by atoms with Gasteiger partial charge < -0.3 is 10.6 Å². The van der Waals surface area contributed by atoms with Crippen molar-refractivity contribution >= 4 is 40.1 Å². The number of carbonyl (C=O) groups excluding carboxylic acids is 1. The first-order valence-corrected chi connectivity index (χ1v) is 10.7. The molecule has 0 atom stereocenters. The van der Waals surface area contributed by atoms with E-state index in [-0.39, 0.29) is 6.03 Å². The lowest BCUT2D eigenvalue weighted by Crippen LogP contribution is -2.28. The van der Waals surface area contributed by atoms with Crippen LogP contribution in [-0.2, 0) is 19.4 Å². The number of fused-ring (bicyclic) bond motifs is 1. The fourth-order valence-electron chi connectivity index (χ4n) is 2.72. The quantitative estimate of drug-likeness (QED) is 0.547. The van der Waals surface area contributed by atoms with E-state index in [2.05, 4.69) is 35.9 Å². The molecule has 0 aliphatic carbocycles. The first kappa shape index (κ1) is 18.6. The second kappa shape index (κ2) is 8.98. The molecule has 0 fully saturated rings. The lowest BCUT2D eigenvalue weighted by molar-refractivity contribution is 0.251. The fourth-order valence-corrected chi connectivity index (χ4v) is 4.61. The Morgan fingerprint density at radius 1 is 1.18 bits per heavy atom. The van der Waals surface area contributed by atoms with Crippen molar-refractivity contribution in [3.05, 3.63) is 53.2 Å². The van der Waals surface area contributed by atoms with Crippen LogP contribution in [0.4, 0.5) is 15.7 Å². The van der Waals surface area contributed by atoms with Crippen LogP contribution in [0.25, 0.3) is 0 Å². The molecule has 8 nitrogen and oxygen atoms in total. The zero-order valence-corrected chi connectivity index (χ0v) is 16.6. The number of pyridine rings is 1. The second-order valence-corrected chi connectivity index (χ2v) is 8.25. The third-order valence-corrected chi connectivity index (χ3v) is 6.16. The van der Waals surface area contributed by atoms with Crippen LogP contribution in [0.15, 0.2) is 41.8 Å². The van der Waals surface area contributed by atoms with Crippen molar-refractivity contribution in [1.82, 2.24) is 25.3 Å². The molecule has 2 amide bonds. The van der Waals surface area contributed by atoms with Crippen molar-refractivity contribution in [1.29, 1.82) is 0 Å². The van der Waals surface area contributed by atoms with E-state index < -0.39 is 0 Å². The highest BCUT2D eigenvalue weighted by Crippen LogP contribution is 2.34. The summed E-state index contributed by atoms with van der Waals surface area (Å²) < 4.78 is 0. The number of thioether (sulfide) groups is 1.